The third-order valence-corrected chi connectivity index (χ3v) is 5.19. The van der Waals surface area contributed by atoms with Crippen molar-refractivity contribution < 1.29 is 14.6 Å². The fourth-order valence-electron chi connectivity index (χ4n) is 3.67. The van der Waals surface area contributed by atoms with Crippen LogP contribution in [0.5, 0.6) is 5.75 Å². The summed E-state index contributed by atoms with van der Waals surface area (Å²) in [6.45, 7) is 0.745. The first kappa shape index (κ1) is 18.0. The second-order valence-corrected chi connectivity index (χ2v) is 6.93. The minimum absolute atomic E-state index is 0.527. The van der Waals surface area contributed by atoms with E-state index in [9.17, 15) is 9.90 Å². The van der Waals surface area contributed by atoms with E-state index in [1.807, 2.05) is 67.0 Å². The summed E-state index contributed by atoms with van der Waals surface area (Å²) in [5.74, 6) is -0.521. The van der Waals surface area contributed by atoms with Crippen molar-refractivity contribution in [2.45, 2.75) is 25.3 Å². The standard InChI is InChI=1S/C23H22N2O3/c1-28-19-11-10-16-13-18(9-8-17(16)14-19)20(23(26)27)5-4-12-25-15-24-21-6-2-3-7-22(21)25/h2-3,6-11,13-15,20H,4-5,12H2,1H3,(H,26,27). The molecule has 0 saturated heterocycles. The molecule has 4 aromatic rings. The molecule has 28 heavy (non-hydrogen) atoms. The molecule has 0 aliphatic heterocycles. The lowest BCUT2D eigenvalue weighted by Crippen LogP contribution is -2.12. The van der Waals surface area contributed by atoms with Crippen molar-refractivity contribution in [1.29, 1.82) is 0 Å². The molecule has 0 saturated carbocycles. The number of imidazole rings is 1. The first-order chi connectivity index (χ1) is 13.7. The Morgan fingerprint density at radius 2 is 1.89 bits per heavy atom. The normalized spacial score (nSPS) is 12.3. The van der Waals surface area contributed by atoms with Crippen LogP contribution in [-0.4, -0.2) is 27.7 Å². The summed E-state index contributed by atoms with van der Waals surface area (Å²) >= 11 is 0. The van der Waals surface area contributed by atoms with Crippen LogP contribution in [0.25, 0.3) is 21.8 Å². The van der Waals surface area contributed by atoms with Gasteiger partial charge in [-0.1, -0.05) is 36.4 Å². The largest absolute Gasteiger partial charge is 0.497 e. The summed E-state index contributed by atoms with van der Waals surface area (Å²) in [6, 6.07) is 19.6. The average molecular weight is 374 g/mol. The van der Waals surface area contributed by atoms with Crippen LogP contribution in [0, 0.1) is 0 Å². The van der Waals surface area contributed by atoms with Gasteiger partial charge < -0.3 is 14.4 Å². The van der Waals surface area contributed by atoms with Gasteiger partial charge in [-0.15, -0.1) is 0 Å². The number of nitrogens with zero attached hydrogens (tertiary/aromatic N) is 2. The Labute approximate surface area is 163 Å². The lowest BCUT2D eigenvalue weighted by atomic mass is 9.92. The molecule has 4 rings (SSSR count). The Morgan fingerprint density at radius 3 is 2.71 bits per heavy atom. The van der Waals surface area contributed by atoms with E-state index in [0.29, 0.717) is 6.42 Å². The molecule has 1 N–H and O–H groups in total. The van der Waals surface area contributed by atoms with Crippen LogP contribution in [0.3, 0.4) is 0 Å². The number of hydrogen-bond acceptors (Lipinski definition) is 3. The molecular formula is C23H22N2O3. The van der Waals surface area contributed by atoms with Crippen LogP contribution in [-0.2, 0) is 11.3 Å². The smallest absolute Gasteiger partial charge is 0.310 e. The van der Waals surface area contributed by atoms with Crippen LogP contribution in [0.2, 0.25) is 0 Å². The number of hydrogen-bond donors (Lipinski definition) is 1. The van der Waals surface area contributed by atoms with E-state index in [4.69, 9.17) is 4.74 Å². The molecule has 1 unspecified atom stereocenters. The summed E-state index contributed by atoms with van der Waals surface area (Å²) in [4.78, 5) is 16.3. The summed E-state index contributed by atoms with van der Waals surface area (Å²) in [6.07, 6.45) is 3.16. The number of rotatable bonds is 7. The molecule has 0 bridgehead atoms. The Bertz CT molecular complexity index is 1130. The Morgan fingerprint density at radius 1 is 1.11 bits per heavy atom. The van der Waals surface area contributed by atoms with Crippen LogP contribution >= 0.6 is 0 Å². The fourth-order valence-corrected chi connectivity index (χ4v) is 3.67. The molecule has 0 aliphatic rings. The van der Waals surface area contributed by atoms with Crippen LogP contribution < -0.4 is 4.74 Å². The molecule has 0 radical (unpaired) electrons. The van der Waals surface area contributed by atoms with Crippen LogP contribution in [0.1, 0.15) is 24.3 Å². The van der Waals surface area contributed by atoms with Gasteiger partial charge in [-0.3, -0.25) is 4.79 Å². The van der Waals surface area contributed by atoms with Gasteiger partial charge in [-0.2, -0.15) is 0 Å². The highest BCUT2D eigenvalue weighted by Gasteiger charge is 2.20. The van der Waals surface area contributed by atoms with E-state index < -0.39 is 11.9 Å². The maximum absolute atomic E-state index is 11.9. The van der Waals surface area contributed by atoms with Gasteiger partial charge in [-0.05, 0) is 53.4 Å². The van der Waals surface area contributed by atoms with E-state index in [1.54, 1.807) is 7.11 Å². The van der Waals surface area contributed by atoms with Crippen molar-refractivity contribution in [1.82, 2.24) is 9.55 Å². The molecule has 1 aromatic heterocycles. The number of para-hydroxylation sites is 2. The highest BCUT2D eigenvalue weighted by Crippen LogP contribution is 2.28. The van der Waals surface area contributed by atoms with Crippen LogP contribution in [0.15, 0.2) is 67.0 Å². The Balaban J connectivity index is 1.51. The molecule has 3 aromatic carbocycles. The molecule has 0 aliphatic carbocycles. The summed E-state index contributed by atoms with van der Waals surface area (Å²) in [5.41, 5.74) is 2.87. The number of carbonyl (C=O) groups is 1. The summed E-state index contributed by atoms with van der Waals surface area (Å²) in [7, 11) is 1.64. The van der Waals surface area contributed by atoms with E-state index in [0.717, 1.165) is 46.1 Å². The number of ether oxygens (including phenoxy) is 1. The van der Waals surface area contributed by atoms with Gasteiger partial charge in [0, 0.05) is 6.54 Å². The maximum Gasteiger partial charge on any atom is 0.310 e. The number of methoxy groups -OCH3 is 1. The number of aromatic nitrogens is 2. The lowest BCUT2D eigenvalue weighted by molar-refractivity contribution is -0.139. The van der Waals surface area contributed by atoms with Crippen LogP contribution in [0.4, 0.5) is 0 Å². The number of carboxylic acid groups (broad SMARTS) is 1. The van der Waals surface area contributed by atoms with Gasteiger partial charge in [0.25, 0.3) is 0 Å². The van der Waals surface area contributed by atoms with E-state index >= 15 is 0 Å². The lowest BCUT2D eigenvalue weighted by Gasteiger charge is -2.14. The van der Waals surface area contributed by atoms with E-state index in [2.05, 4.69) is 9.55 Å². The number of aryl methyl sites for hydroxylation is 1. The topological polar surface area (TPSA) is 64.4 Å². The second kappa shape index (κ2) is 7.72. The number of fused-ring (bicyclic) bond motifs is 2. The molecule has 1 heterocycles. The van der Waals surface area contributed by atoms with Gasteiger partial charge in [0.2, 0.25) is 0 Å². The van der Waals surface area contributed by atoms with Crippen molar-refractivity contribution in [2.75, 3.05) is 7.11 Å². The molecule has 5 heteroatoms. The molecular weight excluding hydrogens is 352 g/mol. The Hall–Kier alpha value is -3.34. The third kappa shape index (κ3) is 3.56. The first-order valence-electron chi connectivity index (χ1n) is 9.36. The highest BCUT2D eigenvalue weighted by molar-refractivity contribution is 5.86. The van der Waals surface area contributed by atoms with E-state index in [-0.39, 0.29) is 0 Å². The predicted octanol–water partition coefficient (Wildman–Crippen LogP) is 4.85. The Kier molecular flexibility index (Phi) is 4.98. The molecule has 0 spiro atoms. The zero-order chi connectivity index (χ0) is 19.5. The summed E-state index contributed by atoms with van der Waals surface area (Å²) < 4.78 is 7.34. The van der Waals surface area contributed by atoms with Crippen molar-refractivity contribution in [3.8, 4) is 5.75 Å². The zero-order valence-electron chi connectivity index (χ0n) is 15.7. The van der Waals surface area contributed by atoms with Gasteiger partial charge in [-0.25, -0.2) is 4.98 Å². The highest BCUT2D eigenvalue weighted by atomic mass is 16.5. The monoisotopic (exact) mass is 374 g/mol. The second-order valence-electron chi connectivity index (χ2n) is 6.93. The van der Waals surface area contributed by atoms with Gasteiger partial charge >= 0.3 is 5.97 Å². The van der Waals surface area contributed by atoms with Crippen molar-refractivity contribution >= 4 is 27.8 Å². The average Bonchev–Trinajstić information content (AvgIpc) is 3.13. The van der Waals surface area contributed by atoms with Gasteiger partial charge in [0.15, 0.2) is 0 Å². The van der Waals surface area contributed by atoms with Crippen molar-refractivity contribution in [3.05, 3.63) is 72.6 Å². The SMILES string of the molecule is COc1ccc2cc(C(CCCn3cnc4ccccc43)C(=O)O)ccc2c1. The molecule has 1 atom stereocenters. The molecule has 0 amide bonds. The number of benzene rings is 3. The van der Waals surface area contributed by atoms with Crippen molar-refractivity contribution in [3.63, 3.8) is 0 Å². The van der Waals surface area contributed by atoms with Gasteiger partial charge in [0.05, 0.1) is 30.4 Å². The minimum Gasteiger partial charge on any atom is -0.497 e. The first-order valence-corrected chi connectivity index (χ1v) is 9.36. The summed E-state index contributed by atoms with van der Waals surface area (Å²) in [5, 5.41) is 11.8. The zero-order valence-corrected chi connectivity index (χ0v) is 15.7. The molecule has 5 nitrogen and oxygen atoms in total. The molecule has 142 valence electrons. The number of carboxylic acids is 1. The molecule has 0 fully saturated rings. The minimum atomic E-state index is -0.789. The van der Waals surface area contributed by atoms with Gasteiger partial charge in [0.1, 0.15) is 5.75 Å². The van der Waals surface area contributed by atoms with Crippen molar-refractivity contribution in [2.24, 2.45) is 0 Å². The maximum atomic E-state index is 11.9. The predicted molar refractivity (Wildman–Crippen MR) is 110 cm³/mol. The third-order valence-electron chi connectivity index (χ3n) is 5.19. The van der Waals surface area contributed by atoms with E-state index in [1.165, 1.54) is 0 Å². The fraction of sp³-hybridized carbons (Fsp3) is 0.217. The quantitative estimate of drug-likeness (QED) is 0.502. The number of aliphatic carboxylic acids is 1.